The Morgan fingerprint density at radius 3 is 2.38 bits per heavy atom. The van der Waals surface area contributed by atoms with Crippen molar-refractivity contribution in [3.63, 3.8) is 0 Å². The van der Waals surface area contributed by atoms with E-state index >= 15 is 0 Å². The van der Waals surface area contributed by atoms with Crippen LogP contribution in [0.25, 0.3) is 0 Å². The Labute approximate surface area is 149 Å². The summed E-state index contributed by atoms with van der Waals surface area (Å²) < 4.78 is 37.8. The third kappa shape index (κ3) is 4.07. The molecule has 26 heavy (non-hydrogen) atoms. The Balaban J connectivity index is 1.56. The van der Waals surface area contributed by atoms with E-state index in [0.29, 0.717) is 44.1 Å². The van der Waals surface area contributed by atoms with Gasteiger partial charge in [0, 0.05) is 49.3 Å². The number of carbonyl (C=O) groups is 1. The number of carbonyl (C=O) groups excluding carboxylic acids is 1. The summed E-state index contributed by atoms with van der Waals surface area (Å²) in [5.41, 5.74) is 1.81. The first-order valence-electron chi connectivity index (χ1n) is 8.44. The highest BCUT2D eigenvalue weighted by Gasteiger charge is 2.31. The third-order valence-electron chi connectivity index (χ3n) is 4.59. The summed E-state index contributed by atoms with van der Waals surface area (Å²) in [6.07, 6.45) is -3.51. The van der Waals surface area contributed by atoms with Gasteiger partial charge in [-0.25, -0.2) is 4.98 Å². The van der Waals surface area contributed by atoms with Crippen molar-refractivity contribution in [2.75, 3.05) is 37.6 Å². The van der Waals surface area contributed by atoms with Crippen LogP contribution in [0.1, 0.15) is 27.3 Å². The third-order valence-corrected chi connectivity index (χ3v) is 4.59. The Bertz CT molecular complexity index is 775. The zero-order valence-electron chi connectivity index (χ0n) is 14.7. The molecule has 5 nitrogen and oxygen atoms in total. The van der Waals surface area contributed by atoms with Crippen molar-refractivity contribution < 1.29 is 18.0 Å². The van der Waals surface area contributed by atoms with E-state index in [0.717, 1.165) is 23.7 Å². The number of nitrogens with zero attached hydrogens (tertiary/aromatic N) is 3. The van der Waals surface area contributed by atoms with Crippen LogP contribution in [0.3, 0.4) is 0 Å². The average Bonchev–Trinajstić information content (AvgIpc) is 2.93. The van der Waals surface area contributed by atoms with Crippen LogP contribution in [-0.4, -0.2) is 53.4 Å². The molecule has 0 unspecified atom stereocenters. The molecule has 0 bridgehead atoms. The number of hydrogen-bond acceptors (Lipinski definition) is 4. The molecule has 0 aliphatic carbocycles. The number of nitrogens with one attached hydrogen (secondary N) is 1. The predicted octanol–water partition coefficient (Wildman–Crippen LogP) is 3.05. The van der Waals surface area contributed by atoms with Crippen molar-refractivity contribution in [3.05, 3.63) is 46.9 Å². The Kier molecular flexibility index (Phi) is 5.04. The lowest BCUT2D eigenvalue weighted by Crippen LogP contribution is -2.48. The maximum Gasteiger partial charge on any atom is 0.417 e. The standard InChI is InChI=1S/C18H21F3N4O/c1-12-9-15(13(2)23-12)16(26)11-24-5-7-25(8-6-24)17-4-3-14(10-22-17)18(19,20)21/h3-4,9-10,23H,5-8,11H2,1-2H3. The Hall–Kier alpha value is -2.35. The summed E-state index contributed by atoms with van der Waals surface area (Å²) in [5.74, 6) is 0.606. The van der Waals surface area contributed by atoms with Crippen LogP contribution < -0.4 is 4.90 Å². The first-order chi connectivity index (χ1) is 12.2. The van der Waals surface area contributed by atoms with E-state index in [1.165, 1.54) is 6.07 Å². The number of aromatic nitrogens is 2. The fraction of sp³-hybridized carbons (Fsp3) is 0.444. The van der Waals surface area contributed by atoms with Gasteiger partial charge in [-0.1, -0.05) is 0 Å². The van der Waals surface area contributed by atoms with Gasteiger partial charge in [0.1, 0.15) is 5.82 Å². The predicted molar refractivity (Wildman–Crippen MR) is 92.5 cm³/mol. The van der Waals surface area contributed by atoms with Crippen LogP contribution in [0.2, 0.25) is 0 Å². The summed E-state index contributed by atoms with van der Waals surface area (Å²) in [6.45, 7) is 6.71. The number of halogens is 3. The number of Topliss-reactive ketones (excluding diaryl/α,β-unsaturated/α-hetero) is 1. The van der Waals surface area contributed by atoms with E-state index in [4.69, 9.17) is 0 Å². The van der Waals surface area contributed by atoms with Gasteiger partial charge >= 0.3 is 6.18 Å². The lowest BCUT2D eigenvalue weighted by Gasteiger charge is -2.35. The summed E-state index contributed by atoms with van der Waals surface area (Å²) >= 11 is 0. The van der Waals surface area contributed by atoms with Crippen LogP contribution >= 0.6 is 0 Å². The van der Waals surface area contributed by atoms with Gasteiger partial charge in [-0.05, 0) is 32.0 Å². The van der Waals surface area contributed by atoms with Crippen LogP contribution in [0.15, 0.2) is 24.4 Å². The quantitative estimate of drug-likeness (QED) is 0.845. The van der Waals surface area contributed by atoms with Gasteiger partial charge in [0.05, 0.1) is 12.1 Å². The minimum Gasteiger partial charge on any atom is -0.362 e. The molecule has 3 rings (SSSR count). The zero-order chi connectivity index (χ0) is 18.9. The van der Waals surface area contributed by atoms with Gasteiger partial charge < -0.3 is 9.88 Å². The smallest absolute Gasteiger partial charge is 0.362 e. The van der Waals surface area contributed by atoms with Gasteiger partial charge in [0.15, 0.2) is 5.78 Å². The first kappa shape index (κ1) is 18.4. The number of ketones is 1. The van der Waals surface area contributed by atoms with E-state index in [1.807, 2.05) is 24.8 Å². The van der Waals surface area contributed by atoms with Crippen molar-refractivity contribution in [2.45, 2.75) is 20.0 Å². The molecule has 1 saturated heterocycles. The normalized spacial score (nSPS) is 16.1. The molecule has 8 heteroatoms. The number of hydrogen-bond donors (Lipinski definition) is 1. The maximum absolute atomic E-state index is 12.6. The molecule has 140 valence electrons. The molecule has 2 aromatic rings. The van der Waals surface area contributed by atoms with E-state index < -0.39 is 11.7 Å². The molecule has 0 saturated carbocycles. The Morgan fingerprint density at radius 2 is 1.88 bits per heavy atom. The number of anilines is 1. The van der Waals surface area contributed by atoms with Crippen molar-refractivity contribution in [2.24, 2.45) is 0 Å². The average molecular weight is 366 g/mol. The SMILES string of the molecule is Cc1cc(C(=O)CN2CCN(c3ccc(C(F)(F)F)cn3)CC2)c(C)[nH]1. The maximum atomic E-state index is 12.6. The second-order valence-electron chi connectivity index (χ2n) is 6.58. The monoisotopic (exact) mass is 366 g/mol. The highest BCUT2D eigenvalue weighted by atomic mass is 19.4. The fourth-order valence-electron chi connectivity index (χ4n) is 3.18. The number of piperazine rings is 1. The van der Waals surface area contributed by atoms with Gasteiger partial charge in [-0.2, -0.15) is 13.2 Å². The lowest BCUT2D eigenvalue weighted by atomic mass is 10.1. The molecule has 2 aromatic heterocycles. The Morgan fingerprint density at radius 1 is 1.19 bits per heavy atom. The minimum atomic E-state index is -4.38. The number of aryl methyl sites for hydroxylation is 2. The van der Waals surface area contributed by atoms with Crippen LogP contribution in [0.5, 0.6) is 0 Å². The number of H-pyrrole nitrogens is 1. The van der Waals surface area contributed by atoms with Crippen molar-refractivity contribution in [1.82, 2.24) is 14.9 Å². The number of pyridine rings is 1. The molecule has 0 aromatic carbocycles. The molecular weight excluding hydrogens is 345 g/mol. The highest BCUT2D eigenvalue weighted by molar-refractivity contribution is 5.98. The van der Waals surface area contributed by atoms with Gasteiger partial charge in [0.25, 0.3) is 0 Å². The zero-order valence-corrected chi connectivity index (χ0v) is 14.7. The first-order valence-corrected chi connectivity index (χ1v) is 8.44. The van der Waals surface area contributed by atoms with E-state index in [9.17, 15) is 18.0 Å². The van der Waals surface area contributed by atoms with E-state index in [-0.39, 0.29) is 5.78 Å². The minimum absolute atomic E-state index is 0.0768. The summed E-state index contributed by atoms with van der Waals surface area (Å²) in [5, 5.41) is 0. The van der Waals surface area contributed by atoms with Crippen LogP contribution in [0, 0.1) is 13.8 Å². The van der Waals surface area contributed by atoms with E-state index in [2.05, 4.69) is 14.9 Å². The topological polar surface area (TPSA) is 52.2 Å². The fourth-order valence-corrected chi connectivity index (χ4v) is 3.18. The van der Waals surface area contributed by atoms with Crippen molar-refractivity contribution in [3.8, 4) is 0 Å². The summed E-state index contributed by atoms with van der Waals surface area (Å²) in [7, 11) is 0. The molecule has 1 N–H and O–H groups in total. The summed E-state index contributed by atoms with van der Waals surface area (Å²) in [4.78, 5) is 23.5. The van der Waals surface area contributed by atoms with Gasteiger partial charge in [-0.15, -0.1) is 0 Å². The second-order valence-corrected chi connectivity index (χ2v) is 6.58. The van der Waals surface area contributed by atoms with E-state index in [1.54, 1.807) is 0 Å². The number of alkyl halides is 3. The molecule has 0 amide bonds. The van der Waals surface area contributed by atoms with Gasteiger partial charge in [-0.3, -0.25) is 9.69 Å². The largest absolute Gasteiger partial charge is 0.417 e. The number of rotatable bonds is 4. The highest BCUT2D eigenvalue weighted by Crippen LogP contribution is 2.29. The molecule has 0 radical (unpaired) electrons. The molecule has 0 spiro atoms. The summed E-state index contributed by atoms with van der Waals surface area (Å²) in [6, 6.07) is 4.31. The van der Waals surface area contributed by atoms with Crippen LogP contribution in [-0.2, 0) is 6.18 Å². The van der Waals surface area contributed by atoms with Crippen molar-refractivity contribution in [1.29, 1.82) is 0 Å². The molecule has 3 heterocycles. The van der Waals surface area contributed by atoms with Crippen LogP contribution in [0.4, 0.5) is 19.0 Å². The molecule has 1 fully saturated rings. The lowest BCUT2D eigenvalue weighted by molar-refractivity contribution is -0.137. The molecule has 1 aliphatic rings. The second kappa shape index (κ2) is 7.11. The molecule has 0 atom stereocenters. The van der Waals surface area contributed by atoms with Gasteiger partial charge in [0.2, 0.25) is 0 Å². The molecular formula is C18H21F3N4O. The molecule has 1 aliphatic heterocycles. The van der Waals surface area contributed by atoms with Crippen molar-refractivity contribution >= 4 is 11.6 Å². The number of aromatic amines is 1.